The van der Waals surface area contributed by atoms with Gasteiger partial charge in [0.1, 0.15) is 0 Å². The molecule has 1 saturated heterocycles. The Hall–Kier alpha value is -3.41. The van der Waals surface area contributed by atoms with Crippen LogP contribution in [-0.4, -0.2) is 52.2 Å². The number of carbonyl (C=O) groups excluding carboxylic acids is 1. The number of hydrogen-bond acceptors (Lipinski definition) is 6. The zero-order valence-corrected chi connectivity index (χ0v) is 16.8. The first-order valence-electron chi connectivity index (χ1n) is 9.48. The fraction of sp³-hybridized carbons (Fsp3) is 0.238. The number of amides is 2. The molecule has 0 atom stereocenters. The predicted octanol–water partition coefficient (Wildman–Crippen LogP) is 3.61. The van der Waals surface area contributed by atoms with E-state index in [-0.39, 0.29) is 6.03 Å². The molecule has 0 radical (unpaired) electrons. The molecule has 0 bridgehead atoms. The molecule has 1 aromatic heterocycles. The van der Waals surface area contributed by atoms with Crippen molar-refractivity contribution in [1.29, 1.82) is 5.26 Å². The molecular formula is C21H19ClN6O2. The number of hydrogen-bond donors (Lipinski definition) is 1. The second kappa shape index (κ2) is 8.95. The van der Waals surface area contributed by atoms with Gasteiger partial charge in [-0.2, -0.15) is 10.2 Å². The number of nitriles is 1. The van der Waals surface area contributed by atoms with E-state index < -0.39 is 0 Å². The van der Waals surface area contributed by atoms with Crippen LogP contribution in [0.1, 0.15) is 11.4 Å². The van der Waals surface area contributed by atoms with Crippen LogP contribution in [0.5, 0.6) is 0 Å². The van der Waals surface area contributed by atoms with E-state index in [4.69, 9.17) is 21.4 Å². The van der Waals surface area contributed by atoms with Gasteiger partial charge in [0, 0.05) is 31.9 Å². The summed E-state index contributed by atoms with van der Waals surface area (Å²) in [6.45, 7) is 3.09. The Morgan fingerprint density at radius 1 is 1.17 bits per heavy atom. The first-order valence-corrected chi connectivity index (χ1v) is 9.86. The minimum atomic E-state index is -0.176. The SMILES string of the molecule is N#Cc1cccc(NC(=O)N2CCN(Cc3noc(-c4ccccc4Cl)n3)CC2)c1. The number of halogens is 1. The lowest BCUT2D eigenvalue weighted by atomic mass is 10.2. The molecule has 0 unspecified atom stereocenters. The molecule has 152 valence electrons. The Bertz CT molecular complexity index is 1080. The molecular weight excluding hydrogens is 404 g/mol. The number of benzene rings is 2. The van der Waals surface area contributed by atoms with Crippen LogP contribution in [-0.2, 0) is 6.54 Å². The Morgan fingerprint density at radius 3 is 2.73 bits per heavy atom. The molecule has 0 saturated carbocycles. The largest absolute Gasteiger partial charge is 0.334 e. The number of nitrogens with one attached hydrogen (secondary N) is 1. The van der Waals surface area contributed by atoms with Crippen LogP contribution >= 0.6 is 11.6 Å². The van der Waals surface area contributed by atoms with Crippen LogP contribution in [0, 0.1) is 11.3 Å². The third kappa shape index (κ3) is 4.59. The number of carbonyl (C=O) groups is 1. The highest BCUT2D eigenvalue weighted by atomic mass is 35.5. The van der Waals surface area contributed by atoms with E-state index in [0.29, 0.717) is 66.3 Å². The van der Waals surface area contributed by atoms with Crippen molar-refractivity contribution in [3.63, 3.8) is 0 Å². The van der Waals surface area contributed by atoms with Crippen LogP contribution < -0.4 is 5.32 Å². The maximum absolute atomic E-state index is 12.5. The van der Waals surface area contributed by atoms with Crippen molar-refractivity contribution in [3.05, 3.63) is 64.9 Å². The molecule has 1 fully saturated rings. The molecule has 2 aromatic carbocycles. The summed E-state index contributed by atoms with van der Waals surface area (Å²) in [5, 5.41) is 16.4. The van der Waals surface area contributed by atoms with Crippen LogP contribution in [0.4, 0.5) is 10.5 Å². The molecule has 2 heterocycles. The Kier molecular flexibility index (Phi) is 5.93. The molecule has 4 rings (SSSR count). The highest BCUT2D eigenvalue weighted by Crippen LogP contribution is 2.26. The van der Waals surface area contributed by atoms with Crippen molar-refractivity contribution in [2.45, 2.75) is 6.54 Å². The minimum absolute atomic E-state index is 0.176. The summed E-state index contributed by atoms with van der Waals surface area (Å²) in [5.74, 6) is 0.976. The van der Waals surface area contributed by atoms with E-state index in [1.807, 2.05) is 18.2 Å². The number of rotatable bonds is 4. The normalized spacial score (nSPS) is 14.3. The molecule has 1 aliphatic heterocycles. The van der Waals surface area contributed by atoms with Gasteiger partial charge in [0.05, 0.1) is 28.8 Å². The summed E-state index contributed by atoms with van der Waals surface area (Å²) in [6, 6.07) is 16.1. The molecule has 8 nitrogen and oxygen atoms in total. The highest BCUT2D eigenvalue weighted by Gasteiger charge is 2.23. The maximum Gasteiger partial charge on any atom is 0.321 e. The third-order valence-electron chi connectivity index (χ3n) is 4.84. The molecule has 0 spiro atoms. The molecule has 1 N–H and O–H groups in total. The zero-order valence-electron chi connectivity index (χ0n) is 16.1. The summed E-state index contributed by atoms with van der Waals surface area (Å²) in [7, 11) is 0. The third-order valence-corrected chi connectivity index (χ3v) is 5.17. The fourth-order valence-corrected chi connectivity index (χ4v) is 3.46. The molecule has 30 heavy (non-hydrogen) atoms. The van der Waals surface area contributed by atoms with E-state index in [0.717, 1.165) is 0 Å². The van der Waals surface area contributed by atoms with E-state index in [9.17, 15) is 4.79 Å². The van der Waals surface area contributed by atoms with Gasteiger partial charge >= 0.3 is 6.03 Å². The summed E-state index contributed by atoms with van der Waals surface area (Å²) >= 11 is 6.18. The second-order valence-electron chi connectivity index (χ2n) is 6.88. The lowest BCUT2D eigenvalue weighted by molar-refractivity contribution is 0.140. The molecule has 9 heteroatoms. The average Bonchev–Trinajstić information content (AvgIpc) is 3.23. The summed E-state index contributed by atoms with van der Waals surface area (Å²) < 4.78 is 5.35. The van der Waals surface area contributed by atoms with Crippen LogP contribution in [0.15, 0.2) is 53.1 Å². The molecule has 2 amide bonds. The van der Waals surface area contributed by atoms with Gasteiger partial charge < -0.3 is 14.7 Å². The quantitative estimate of drug-likeness (QED) is 0.689. The topological polar surface area (TPSA) is 98.3 Å². The smallest absolute Gasteiger partial charge is 0.321 e. The summed E-state index contributed by atoms with van der Waals surface area (Å²) in [5.41, 5.74) is 1.83. The number of aromatic nitrogens is 2. The van der Waals surface area contributed by atoms with Gasteiger partial charge in [-0.05, 0) is 30.3 Å². The lowest BCUT2D eigenvalue weighted by Crippen LogP contribution is -2.49. The van der Waals surface area contributed by atoms with Gasteiger partial charge in [-0.1, -0.05) is 35.0 Å². The predicted molar refractivity (Wildman–Crippen MR) is 112 cm³/mol. The van der Waals surface area contributed by atoms with E-state index in [1.165, 1.54) is 0 Å². The van der Waals surface area contributed by atoms with Gasteiger partial charge in [0.15, 0.2) is 5.82 Å². The minimum Gasteiger partial charge on any atom is -0.334 e. The Balaban J connectivity index is 1.30. The monoisotopic (exact) mass is 422 g/mol. The van der Waals surface area contributed by atoms with E-state index in [1.54, 1.807) is 35.2 Å². The first kappa shape index (κ1) is 19.9. The lowest BCUT2D eigenvalue weighted by Gasteiger charge is -2.34. The number of urea groups is 1. The Labute approximate surface area is 178 Å². The van der Waals surface area contributed by atoms with Crippen molar-refractivity contribution in [3.8, 4) is 17.5 Å². The molecule has 1 aliphatic rings. The van der Waals surface area contributed by atoms with Crippen molar-refractivity contribution < 1.29 is 9.32 Å². The van der Waals surface area contributed by atoms with Crippen molar-refractivity contribution >= 4 is 23.3 Å². The molecule has 0 aliphatic carbocycles. The number of anilines is 1. The summed E-state index contributed by atoms with van der Waals surface area (Å²) in [4.78, 5) is 20.8. The van der Waals surface area contributed by atoms with E-state index in [2.05, 4.69) is 26.4 Å². The first-order chi connectivity index (χ1) is 14.6. The van der Waals surface area contributed by atoms with Crippen molar-refractivity contribution in [2.75, 3.05) is 31.5 Å². The fourth-order valence-electron chi connectivity index (χ4n) is 3.24. The van der Waals surface area contributed by atoms with Crippen molar-refractivity contribution in [1.82, 2.24) is 19.9 Å². The zero-order chi connectivity index (χ0) is 20.9. The van der Waals surface area contributed by atoms with Crippen LogP contribution in [0.2, 0.25) is 5.02 Å². The summed E-state index contributed by atoms with van der Waals surface area (Å²) in [6.07, 6.45) is 0. The molecule has 3 aromatic rings. The Morgan fingerprint density at radius 2 is 1.97 bits per heavy atom. The van der Waals surface area contributed by atoms with Crippen molar-refractivity contribution in [2.24, 2.45) is 0 Å². The maximum atomic E-state index is 12.5. The van der Waals surface area contributed by atoms with Gasteiger partial charge in [-0.25, -0.2) is 4.79 Å². The van der Waals surface area contributed by atoms with Crippen LogP contribution in [0.25, 0.3) is 11.5 Å². The highest BCUT2D eigenvalue weighted by molar-refractivity contribution is 6.33. The van der Waals surface area contributed by atoms with E-state index >= 15 is 0 Å². The number of piperazine rings is 1. The van der Waals surface area contributed by atoms with Gasteiger partial charge in [-0.3, -0.25) is 4.90 Å². The average molecular weight is 423 g/mol. The van der Waals surface area contributed by atoms with Crippen LogP contribution in [0.3, 0.4) is 0 Å². The van der Waals surface area contributed by atoms with Gasteiger partial charge in [0.25, 0.3) is 5.89 Å². The standard InChI is InChI=1S/C21H19ClN6O2/c22-18-7-2-1-6-17(18)20-25-19(26-30-20)14-27-8-10-28(11-9-27)21(29)24-16-5-3-4-15(12-16)13-23/h1-7,12H,8-11,14H2,(H,24,29). The second-order valence-corrected chi connectivity index (χ2v) is 7.29. The van der Waals surface area contributed by atoms with Gasteiger partial charge in [-0.15, -0.1) is 0 Å². The number of nitrogens with zero attached hydrogens (tertiary/aromatic N) is 5. The van der Waals surface area contributed by atoms with Gasteiger partial charge in [0.2, 0.25) is 0 Å².